The molecule has 1 unspecified atom stereocenters. The van der Waals surface area contributed by atoms with E-state index in [-0.39, 0.29) is 10.6 Å². The van der Waals surface area contributed by atoms with Crippen molar-refractivity contribution in [3.8, 4) is 0 Å². The van der Waals surface area contributed by atoms with E-state index in [9.17, 15) is 9.50 Å². The molecule has 1 aliphatic carbocycles. The van der Waals surface area contributed by atoms with E-state index in [1.165, 1.54) is 18.9 Å². The van der Waals surface area contributed by atoms with Gasteiger partial charge in [0, 0.05) is 5.56 Å². The van der Waals surface area contributed by atoms with Crippen LogP contribution in [0.15, 0.2) is 29.8 Å². The lowest BCUT2D eigenvalue weighted by molar-refractivity contribution is 0.204. The first-order valence-corrected chi connectivity index (χ1v) is 6.89. The molecule has 1 N–H and O–H groups in total. The summed E-state index contributed by atoms with van der Waals surface area (Å²) in [7, 11) is 0. The topological polar surface area (TPSA) is 20.2 Å². The Morgan fingerprint density at radius 3 is 2.78 bits per heavy atom. The second kappa shape index (κ2) is 6.35. The standard InChI is InChI=1S/C15H18ClFO/c16-13-10-6-9-12(14(13)17)15(18)11-7-4-2-1-3-5-8-11/h6-7,9-10,15,18H,1-5,8H2/b11-7+. The molecule has 0 radical (unpaired) electrons. The highest BCUT2D eigenvalue weighted by Gasteiger charge is 2.19. The number of rotatable bonds is 2. The average molecular weight is 269 g/mol. The van der Waals surface area contributed by atoms with Crippen LogP contribution in [0.3, 0.4) is 0 Å². The van der Waals surface area contributed by atoms with E-state index >= 15 is 0 Å². The van der Waals surface area contributed by atoms with Gasteiger partial charge in [-0.3, -0.25) is 0 Å². The van der Waals surface area contributed by atoms with Crippen molar-refractivity contribution in [2.75, 3.05) is 0 Å². The van der Waals surface area contributed by atoms with Crippen molar-refractivity contribution >= 4 is 11.6 Å². The molecule has 0 spiro atoms. The first-order chi connectivity index (χ1) is 8.70. The molecule has 0 aromatic heterocycles. The number of hydrogen-bond donors (Lipinski definition) is 1. The molecule has 1 aromatic carbocycles. The number of aliphatic hydroxyl groups is 1. The van der Waals surface area contributed by atoms with E-state index in [1.807, 2.05) is 0 Å². The molecule has 0 fully saturated rings. The molecule has 0 heterocycles. The minimum Gasteiger partial charge on any atom is -0.384 e. The van der Waals surface area contributed by atoms with Gasteiger partial charge >= 0.3 is 0 Å². The molecular weight excluding hydrogens is 251 g/mol. The van der Waals surface area contributed by atoms with Crippen LogP contribution in [-0.2, 0) is 0 Å². The smallest absolute Gasteiger partial charge is 0.147 e. The predicted molar refractivity (Wildman–Crippen MR) is 72.2 cm³/mol. The fourth-order valence-electron chi connectivity index (χ4n) is 2.40. The van der Waals surface area contributed by atoms with Crippen LogP contribution in [0.2, 0.25) is 5.02 Å². The molecule has 3 heteroatoms. The summed E-state index contributed by atoms with van der Waals surface area (Å²) in [4.78, 5) is 0. The normalized spacial score (nSPS) is 21.6. The Balaban J connectivity index is 2.23. The maximum Gasteiger partial charge on any atom is 0.147 e. The zero-order chi connectivity index (χ0) is 13.0. The van der Waals surface area contributed by atoms with Crippen molar-refractivity contribution in [2.24, 2.45) is 0 Å². The van der Waals surface area contributed by atoms with Crippen LogP contribution >= 0.6 is 11.6 Å². The molecule has 1 aliphatic rings. The summed E-state index contributed by atoms with van der Waals surface area (Å²) < 4.78 is 13.9. The summed E-state index contributed by atoms with van der Waals surface area (Å²) >= 11 is 5.75. The van der Waals surface area contributed by atoms with Crippen LogP contribution in [-0.4, -0.2) is 5.11 Å². The second-order valence-electron chi connectivity index (χ2n) is 4.78. The quantitative estimate of drug-likeness (QED) is 0.765. The molecule has 0 bridgehead atoms. The lowest BCUT2D eigenvalue weighted by Gasteiger charge is -2.18. The zero-order valence-electron chi connectivity index (χ0n) is 10.3. The highest BCUT2D eigenvalue weighted by molar-refractivity contribution is 6.30. The summed E-state index contributed by atoms with van der Waals surface area (Å²) in [6.45, 7) is 0. The molecule has 0 saturated heterocycles. The van der Waals surface area contributed by atoms with Crippen molar-refractivity contribution in [1.29, 1.82) is 0 Å². The van der Waals surface area contributed by atoms with Crippen LogP contribution in [0.5, 0.6) is 0 Å². The van der Waals surface area contributed by atoms with Gasteiger partial charge in [0.1, 0.15) is 11.9 Å². The third-order valence-electron chi connectivity index (χ3n) is 3.45. The van der Waals surface area contributed by atoms with Crippen LogP contribution in [0.25, 0.3) is 0 Å². The number of allylic oxidation sites excluding steroid dienone is 1. The number of benzene rings is 1. The van der Waals surface area contributed by atoms with E-state index in [0.29, 0.717) is 0 Å². The fourth-order valence-corrected chi connectivity index (χ4v) is 2.58. The molecule has 98 valence electrons. The summed E-state index contributed by atoms with van der Waals surface area (Å²) in [5.41, 5.74) is 1.21. The largest absolute Gasteiger partial charge is 0.384 e. The van der Waals surface area contributed by atoms with Crippen molar-refractivity contribution in [3.63, 3.8) is 0 Å². The highest BCUT2D eigenvalue weighted by Crippen LogP contribution is 2.32. The SMILES string of the molecule is OC(/C1=C/CCCCCC1)c1cccc(Cl)c1F. The van der Waals surface area contributed by atoms with Gasteiger partial charge in [0.05, 0.1) is 5.02 Å². The molecule has 1 atom stereocenters. The van der Waals surface area contributed by atoms with Gasteiger partial charge < -0.3 is 5.11 Å². The second-order valence-corrected chi connectivity index (χ2v) is 5.18. The first-order valence-electron chi connectivity index (χ1n) is 6.51. The van der Waals surface area contributed by atoms with E-state index < -0.39 is 11.9 Å². The van der Waals surface area contributed by atoms with Crippen molar-refractivity contribution in [1.82, 2.24) is 0 Å². The molecule has 0 aliphatic heterocycles. The lowest BCUT2D eigenvalue weighted by atomic mass is 9.92. The van der Waals surface area contributed by atoms with Crippen molar-refractivity contribution in [3.05, 3.63) is 46.3 Å². The lowest BCUT2D eigenvalue weighted by Crippen LogP contribution is -2.06. The maximum absolute atomic E-state index is 13.9. The Hall–Kier alpha value is -0.860. The summed E-state index contributed by atoms with van der Waals surface area (Å²) in [5.74, 6) is -0.505. The number of hydrogen-bond acceptors (Lipinski definition) is 1. The first kappa shape index (κ1) is 13.6. The molecule has 2 rings (SSSR count). The van der Waals surface area contributed by atoms with Gasteiger partial charge in [-0.15, -0.1) is 0 Å². The van der Waals surface area contributed by atoms with E-state index in [2.05, 4.69) is 6.08 Å². The number of halogens is 2. The fraction of sp³-hybridized carbons (Fsp3) is 0.467. The van der Waals surface area contributed by atoms with E-state index in [1.54, 1.807) is 12.1 Å². The van der Waals surface area contributed by atoms with Crippen molar-refractivity contribution in [2.45, 2.75) is 44.6 Å². The third-order valence-corrected chi connectivity index (χ3v) is 3.75. The minimum absolute atomic E-state index is 0.0676. The van der Waals surface area contributed by atoms with Crippen LogP contribution in [0, 0.1) is 5.82 Å². The molecule has 18 heavy (non-hydrogen) atoms. The van der Waals surface area contributed by atoms with E-state index in [0.717, 1.165) is 31.3 Å². The average Bonchev–Trinajstić information content (AvgIpc) is 2.31. The molecule has 1 aromatic rings. The van der Waals surface area contributed by atoms with Gasteiger partial charge in [-0.25, -0.2) is 4.39 Å². The Morgan fingerprint density at radius 1 is 1.17 bits per heavy atom. The minimum atomic E-state index is -0.859. The number of aliphatic hydroxyl groups excluding tert-OH is 1. The Kier molecular flexibility index (Phi) is 4.79. The molecular formula is C15H18ClFO. The maximum atomic E-state index is 13.9. The Bertz CT molecular complexity index is 442. The monoisotopic (exact) mass is 268 g/mol. The summed E-state index contributed by atoms with van der Waals surface area (Å²) in [6.07, 6.45) is 7.64. The van der Waals surface area contributed by atoms with E-state index in [4.69, 9.17) is 11.6 Å². The van der Waals surface area contributed by atoms with Gasteiger partial charge in [0.2, 0.25) is 0 Å². The van der Waals surface area contributed by atoms with Gasteiger partial charge in [0.15, 0.2) is 0 Å². The van der Waals surface area contributed by atoms with Gasteiger partial charge in [-0.05, 0) is 37.3 Å². The zero-order valence-corrected chi connectivity index (χ0v) is 11.1. The van der Waals surface area contributed by atoms with Crippen LogP contribution in [0.1, 0.15) is 50.2 Å². The third kappa shape index (κ3) is 3.12. The summed E-state index contributed by atoms with van der Waals surface area (Å²) in [5, 5.41) is 10.4. The Morgan fingerprint density at radius 2 is 1.94 bits per heavy atom. The molecule has 0 amide bonds. The molecule has 1 nitrogen and oxygen atoms in total. The van der Waals surface area contributed by atoms with Gasteiger partial charge in [0.25, 0.3) is 0 Å². The van der Waals surface area contributed by atoms with Gasteiger partial charge in [-0.2, -0.15) is 0 Å². The predicted octanol–water partition coefficient (Wildman–Crippen LogP) is 4.79. The highest BCUT2D eigenvalue weighted by atomic mass is 35.5. The van der Waals surface area contributed by atoms with Gasteiger partial charge in [-0.1, -0.05) is 42.7 Å². The summed E-state index contributed by atoms with van der Waals surface area (Å²) in [6, 6.07) is 4.78. The van der Waals surface area contributed by atoms with Crippen molar-refractivity contribution < 1.29 is 9.50 Å². The van der Waals surface area contributed by atoms with Crippen LogP contribution in [0.4, 0.5) is 4.39 Å². The van der Waals surface area contributed by atoms with Crippen LogP contribution < -0.4 is 0 Å². The molecule has 0 saturated carbocycles. The Labute approximate surface area is 112 Å².